The van der Waals surface area contributed by atoms with E-state index in [1.165, 1.54) is 55.6 Å². The number of ether oxygens (including phenoxy) is 1. The van der Waals surface area contributed by atoms with Crippen LogP contribution in [0.25, 0.3) is 11.1 Å². The molecule has 196 valence electrons. The Morgan fingerprint density at radius 1 is 1.08 bits per heavy atom. The lowest BCUT2D eigenvalue weighted by atomic mass is 9.92. The molecule has 7 nitrogen and oxygen atoms in total. The van der Waals surface area contributed by atoms with Gasteiger partial charge in [-0.25, -0.2) is 8.42 Å². The third-order valence-corrected chi connectivity index (χ3v) is 6.84. The molecule has 0 aliphatic rings. The molecule has 0 saturated carbocycles. The Bertz CT molecular complexity index is 1410. The van der Waals surface area contributed by atoms with Crippen LogP contribution in [0.4, 0.5) is 18.9 Å². The van der Waals surface area contributed by atoms with Crippen molar-refractivity contribution in [2.75, 3.05) is 19.0 Å². The lowest BCUT2D eigenvalue weighted by molar-refractivity contribution is -0.137. The first-order valence-electron chi connectivity index (χ1n) is 11.0. The highest BCUT2D eigenvalue weighted by molar-refractivity contribution is 7.89. The van der Waals surface area contributed by atoms with E-state index in [4.69, 9.17) is 4.74 Å². The van der Waals surface area contributed by atoms with Crippen molar-refractivity contribution in [3.05, 3.63) is 90.1 Å². The van der Waals surface area contributed by atoms with E-state index in [-0.39, 0.29) is 34.8 Å². The van der Waals surface area contributed by atoms with Crippen LogP contribution in [0, 0.1) is 0 Å². The number of anilines is 1. The Balaban J connectivity index is 1.96. The van der Waals surface area contributed by atoms with Gasteiger partial charge in [-0.05, 0) is 65.9 Å². The van der Waals surface area contributed by atoms with Gasteiger partial charge in [-0.1, -0.05) is 30.8 Å². The van der Waals surface area contributed by atoms with Gasteiger partial charge in [-0.2, -0.15) is 13.2 Å². The number of aliphatic hydroxyl groups excluding tert-OH is 1. The molecular weight excluding hydrogens is 509 g/mol. The molecule has 0 atom stereocenters. The molecule has 3 aromatic carbocycles. The zero-order chi connectivity index (χ0) is 27.2. The van der Waals surface area contributed by atoms with Gasteiger partial charge in [-0.15, -0.1) is 0 Å². The van der Waals surface area contributed by atoms with Crippen LogP contribution in [-0.4, -0.2) is 33.1 Å². The molecule has 0 heterocycles. The summed E-state index contributed by atoms with van der Waals surface area (Å²) in [6, 6.07) is 13.5. The number of alkyl halides is 3. The minimum atomic E-state index is -4.56. The Morgan fingerprint density at radius 3 is 2.46 bits per heavy atom. The number of nitrogens with one attached hydrogen (secondary N) is 2. The van der Waals surface area contributed by atoms with Crippen molar-refractivity contribution >= 4 is 21.6 Å². The number of methoxy groups -OCH3 is 1. The van der Waals surface area contributed by atoms with Crippen LogP contribution in [0.15, 0.2) is 78.3 Å². The monoisotopic (exact) mass is 534 g/mol. The summed E-state index contributed by atoms with van der Waals surface area (Å²) >= 11 is 0. The van der Waals surface area contributed by atoms with Crippen LogP contribution < -0.4 is 14.8 Å². The third-order valence-electron chi connectivity index (χ3n) is 5.44. The van der Waals surface area contributed by atoms with E-state index < -0.39 is 27.7 Å². The van der Waals surface area contributed by atoms with E-state index in [1.807, 2.05) is 0 Å². The van der Waals surface area contributed by atoms with Crippen molar-refractivity contribution in [2.24, 2.45) is 0 Å². The lowest BCUT2D eigenvalue weighted by Crippen LogP contribution is -2.19. The first kappa shape index (κ1) is 27.8. The zero-order valence-corrected chi connectivity index (χ0v) is 20.6. The van der Waals surface area contributed by atoms with Crippen molar-refractivity contribution in [1.82, 2.24) is 4.72 Å². The maximum Gasteiger partial charge on any atom is 0.417 e. The molecular formula is C26H25F3N2O5S. The number of halogens is 3. The molecule has 0 aromatic heterocycles. The molecule has 0 bridgehead atoms. The van der Waals surface area contributed by atoms with Crippen molar-refractivity contribution in [3.8, 4) is 16.9 Å². The van der Waals surface area contributed by atoms with Gasteiger partial charge in [0.2, 0.25) is 0 Å². The summed E-state index contributed by atoms with van der Waals surface area (Å²) in [5.41, 5.74) is 0.469. The van der Waals surface area contributed by atoms with E-state index in [0.29, 0.717) is 23.2 Å². The maximum atomic E-state index is 13.6. The number of aliphatic hydroxyl groups is 1. The summed E-state index contributed by atoms with van der Waals surface area (Å²) in [6.45, 7) is 3.16. The second-order valence-electron chi connectivity index (χ2n) is 7.89. The van der Waals surface area contributed by atoms with Gasteiger partial charge in [0, 0.05) is 24.1 Å². The molecule has 3 N–H and O–H groups in total. The normalized spacial score (nSPS) is 11.6. The fraction of sp³-hybridized carbons (Fsp3) is 0.192. The fourth-order valence-corrected chi connectivity index (χ4v) is 4.78. The lowest BCUT2D eigenvalue weighted by Gasteiger charge is -2.17. The summed E-state index contributed by atoms with van der Waals surface area (Å²) < 4.78 is 72.7. The molecule has 37 heavy (non-hydrogen) atoms. The quantitative estimate of drug-likeness (QED) is 0.340. The molecule has 11 heteroatoms. The zero-order valence-electron chi connectivity index (χ0n) is 19.8. The SMILES string of the molecule is C=CNS(=O)(=O)c1ccc(C(=O)Nc2ccc(-c3ccccc3C(F)(F)F)c(CCCO)c2)cc1OC. The summed E-state index contributed by atoms with van der Waals surface area (Å²) in [4.78, 5) is 12.7. The van der Waals surface area contributed by atoms with E-state index in [0.717, 1.165) is 12.3 Å². The summed E-state index contributed by atoms with van der Waals surface area (Å²) in [5.74, 6) is -0.653. The van der Waals surface area contributed by atoms with Crippen molar-refractivity contribution in [1.29, 1.82) is 0 Å². The van der Waals surface area contributed by atoms with E-state index in [2.05, 4.69) is 16.6 Å². The number of carbonyl (C=O) groups is 1. The van der Waals surface area contributed by atoms with Gasteiger partial charge in [0.05, 0.1) is 12.7 Å². The molecule has 0 spiro atoms. The van der Waals surface area contributed by atoms with Gasteiger partial charge < -0.3 is 15.2 Å². The maximum absolute atomic E-state index is 13.6. The number of hydrogen-bond acceptors (Lipinski definition) is 5. The van der Waals surface area contributed by atoms with Crippen LogP contribution in [0.5, 0.6) is 5.75 Å². The first-order chi connectivity index (χ1) is 17.5. The van der Waals surface area contributed by atoms with Crippen LogP contribution in [-0.2, 0) is 22.6 Å². The molecule has 0 fully saturated rings. The predicted octanol–water partition coefficient (Wildman–Crippen LogP) is 4.98. The number of aryl methyl sites for hydroxylation is 1. The number of hydrogen-bond donors (Lipinski definition) is 3. The van der Waals surface area contributed by atoms with E-state index in [9.17, 15) is 31.5 Å². The van der Waals surface area contributed by atoms with Gasteiger partial charge in [-0.3, -0.25) is 9.52 Å². The van der Waals surface area contributed by atoms with E-state index in [1.54, 1.807) is 6.07 Å². The number of carbonyl (C=O) groups excluding carboxylic acids is 1. The molecule has 1 amide bonds. The van der Waals surface area contributed by atoms with Crippen LogP contribution in [0.1, 0.15) is 27.9 Å². The Kier molecular flexibility index (Phi) is 8.61. The summed E-state index contributed by atoms with van der Waals surface area (Å²) in [7, 11) is -2.68. The molecule has 0 radical (unpaired) electrons. The second-order valence-corrected chi connectivity index (χ2v) is 9.57. The highest BCUT2D eigenvalue weighted by atomic mass is 32.2. The molecule has 0 aliphatic carbocycles. The van der Waals surface area contributed by atoms with Crippen molar-refractivity contribution in [2.45, 2.75) is 23.9 Å². The predicted molar refractivity (Wildman–Crippen MR) is 134 cm³/mol. The van der Waals surface area contributed by atoms with Gasteiger partial charge in [0.1, 0.15) is 10.6 Å². The Hall–Kier alpha value is -3.83. The van der Waals surface area contributed by atoms with Crippen LogP contribution >= 0.6 is 0 Å². The topological polar surface area (TPSA) is 105 Å². The van der Waals surface area contributed by atoms with Crippen LogP contribution in [0.3, 0.4) is 0 Å². The third kappa shape index (κ3) is 6.49. The standard InChI is InChI=1S/C26H25F3N2O5S/c1-3-30-37(34,35)24-13-10-18(16-23(24)36-2)25(33)31-19-11-12-20(17(15-19)7-6-14-32)21-8-4-5-9-22(21)26(27,28)29/h3-5,8-13,15-16,30,32H,1,6-7,14H2,2H3,(H,31,33). The minimum absolute atomic E-state index is 0.00418. The Morgan fingerprint density at radius 2 is 1.81 bits per heavy atom. The van der Waals surface area contributed by atoms with Crippen LogP contribution in [0.2, 0.25) is 0 Å². The van der Waals surface area contributed by atoms with Crippen molar-refractivity contribution in [3.63, 3.8) is 0 Å². The molecule has 0 aliphatic heterocycles. The average Bonchev–Trinajstić information content (AvgIpc) is 2.86. The summed E-state index contributed by atoms with van der Waals surface area (Å²) in [6.07, 6.45) is -2.97. The number of benzene rings is 3. The van der Waals surface area contributed by atoms with Gasteiger partial charge in [0.15, 0.2) is 0 Å². The fourth-order valence-electron chi connectivity index (χ4n) is 3.78. The number of rotatable bonds is 10. The number of amides is 1. The highest BCUT2D eigenvalue weighted by Crippen LogP contribution is 2.39. The smallest absolute Gasteiger partial charge is 0.417 e. The molecule has 3 rings (SSSR count). The van der Waals surface area contributed by atoms with Gasteiger partial charge >= 0.3 is 6.18 Å². The summed E-state index contributed by atoms with van der Waals surface area (Å²) in [5, 5.41) is 12.0. The molecule has 0 unspecified atom stereocenters. The van der Waals surface area contributed by atoms with E-state index >= 15 is 0 Å². The first-order valence-corrected chi connectivity index (χ1v) is 12.5. The minimum Gasteiger partial charge on any atom is -0.495 e. The Labute approximate surface area is 212 Å². The number of sulfonamides is 1. The van der Waals surface area contributed by atoms with Crippen molar-refractivity contribution < 1.29 is 36.2 Å². The second kappa shape index (κ2) is 11.5. The molecule has 3 aromatic rings. The highest BCUT2D eigenvalue weighted by Gasteiger charge is 2.33. The van der Waals surface area contributed by atoms with Gasteiger partial charge in [0.25, 0.3) is 15.9 Å². The average molecular weight is 535 g/mol. The largest absolute Gasteiger partial charge is 0.495 e. The molecule has 0 saturated heterocycles.